The summed E-state index contributed by atoms with van der Waals surface area (Å²) in [5.74, 6) is -0.272. The van der Waals surface area contributed by atoms with Crippen LogP contribution in [-0.2, 0) is 29.1 Å². The van der Waals surface area contributed by atoms with Crippen LogP contribution in [0.4, 0.5) is 0 Å². The van der Waals surface area contributed by atoms with Gasteiger partial charge < -0.3 is 4.90 Å². The predicted octanol–water partition coefficient (Wildman–Crippen LogP) is 4.97. The summed E-state index contributed by atoms with van der Waals surface area (Å²) in [6.45, 7) is 2.86. The zero-order chi connectivity index (χ0) is 23.7. The molecule has 1 fully saturated rings. The molecular formula is C29H28N2O3. The van der Waals surface area contributed by atoms with Gasteiger partial charge in [0.1, 0.15) is 0 Å². The first-order valence-corrected chi connectivity index (χ1v) is 11.9. The third kappa shape index (κ3) is 4.38. The van der Waals surface area contributed by atoms with Crippen molar-refractivity contribution in [3.05, 3.63) is 106 Å². The Kier molecular flexibility index (Phi) is 6.01. The van der Waals surface area contributed by atoms with Gasteiger partial charge in [0, 0.05) is 24.9 Å². The molecule has 1 aliphatic heterocycles. The second-order valence-electron chi connectivity index (χ2n) is 9.24. The molecule has 0 radical (unpaired) electrons. The quantitative estimate of drug-likeness (QED) is 0.496. The van der Waals surface area contributed by atoms with Gasteiger partial charge in [-0.2, -0.15) is 0 Å². The largest absolute Gasteiger partial charge is 0.327 e. The van der Waals surface area contributed by atoms with E-state index >= 15 is 0 Å². The topological polar surface area (TPSA) is 57.7 Å². The maximum atomic E-state index is 13.8. The molecule has 2 aliphatic rings. The molecule has 5 rings (SSSR count). The highest BCUT2D eigenvalue weighted by molar-refractivity contribution is 6.01. The fraction of sp³-hybridized carbons (Fsp3) is 0.276. The number of nitrogens with zero attached hydrogens (tertiary/aromatic N) is 2. The molecule has 0 spiro atoms. The Labute approximate surface area is 200 Å². The number of hydrogen-bond donors (Lipinski definition) is 0. The highest BCUT2D eigenvalue weighted by atomic mass is 16.2. The molecule has 0 saturated carbocycles. The molecule has 1 atom stereocenters. The van der Waals surface area contributed by atoms with Gasteiger partial charge >= 0.3 is 0 Å². The summed E-state index contributed by atoms with van der Waals surface area (Å²) < 4.78 is 0. The Balaban J connectivity index is 1.40. The fourth-order valence-electron chi connectivity index (χ4n) is 4.97. The highest BCUT2D eigenvalue weighted by Gasteiger charge is 2.32. The van der Waals surface area contributed by atoms with Gasteiger partial charge in [-0.1, -0.05) is 66.2 Å². The van der Waals surface area contributed by atoms with Crippen LogP contribution >= 0.6 is 0 Å². The second kappa shape index (κ2) is 9.26. The Morgan fingerprint density at radius 3 is 2.21 bits per heavy atom. The number of carbonyl (C=O) groups is 3. The molecule has 1 heterocycles. The Bertz CT molecular complexity index is 1210. The molecule has 1 saturated heterocycles. The van der Waals surface area contributed by atoms with E-state index in [-0.39, 0.29) is 43.1 Å². The molecule has 5 heteroatoms. The zero-order valence-electron chi connectivity index (χ0n) is 19.4. The third-order valence-electron chi connectivity index (χ3n) is 6.91. The lowest BCUT2D eigenvalue weighted by Crippen LogP contribution is -2.33. The summed E-state index contributed by atoms with van der Waals surface area (Å²) in [4.78, 5) is 40.9. The van der Waals surface area contributed by atoms with Crippen molar-refractivity contribution in [3.63, 3.8) is 0 Å². The lowest BCUT2D eigenvalue weighted by atomic mass is 10.0. The van der Waals surface area contributed by atoms with Crippen molar-refractivity contribution < 1.29 is 14.4 Å². The lowest BCUT2D eigenvalue weighted by Gasteiger charge is -2.30. The minimum absolute atomic E-state index is 0.0119. The summed E-state index contributed by atoms with van der Waals surface area (Å²) in [5, 5.41) is 0. The first-order chi connectivity index (χ1) is 16.5. The van der Waals surface area contributed by atoms with Gasteiger partial charge in [0.05, 0.1) is 12.6 Å². The molecule has 3 aromatic carbocycles. The average molecular weight is 453 g/mol. The van der Waals surface area contributed by atoms with Crippen LogP contribution in [0.3, 0.4) is 0 Å². The molecule has 3 amide bonds. The van der Waals surface area contributed by atoms with Gasteiger partial charge in [-0.05, 0) is 54.2 Å². The number of aryl methyl sites for hydroxylation is 2. The average Bonchev–Trinajstić information content (AvgIpc) is 3.42. The van der Waals surface area contributed by atoms with Crippen molar-refractivity contribution in [3.8, 4) is 0 Å². The van der Waals surface area contributed by atoms with Crippen molar-refractivity contribution in [2.24, 2.45) is 0 Å². The van der Waals surface area contributed by atoms with Crippen molar-refractivity contribution >= 4 is 17.7 Å². The van der Waals surface area contributed by atoms with Crippen molar-refractivity contribution in [1.82, 2.24) is 9.80 Å². The lowest BCUT2D eigenvalue weighted by molar-refractivity contribution is -0.139. The van der Waals surface area contributed by atoms with E-state index in [0.717, 1.165) is 24.0 Å². The molecule has 0 N–H and O–H groups in total. The molecule has 0 bridgehead atoms. The van der Waals surface area contributed by atoms with E-state index in [1.54, 1.807) is 0 Å². The van der Waals surface area contributed by atoms with Crippen molar-refractivity contribution in [1.29, 1.82) is 0 Å². The van der Waals surface area contributed by atoms with Crippen molar-refractivity contribution in [2.75, 3.05) is 0 Å². The van der Waals surface area contributed by atoms with Gasteiger partial charge in [-0.25, -0.2) is 0 Å². The van der Waals surface area contributed by atoms with Gasteiger partial charge in [-0.15, -0.1) is 0 Å². The summed E-state index contributed by atoms with van der Waals surface area (Å²) in [7, 11) is 0. The molecule has 1 aliphatic carbocycles. The van der Waals surface area contributed by atoms with E-state index in [2.05, 4.69) is 49.4 Å². The van der Waals surface area contributed by atoms with Crippen LogP contribution in [0.25, 0.3) is 0 Å². The normalized spacial score (nSPS) is 17.2. The zero-order valence-corrected chi connectivity index (χ0v) is 19.4. The Morgan fingerprint density at radius 2 is 1.50 bits per heavy atom. The van der Waals surface area contributed by atoms with Crippen LogP contribution in [0.15, 0.2) is 72.8 Å². The van der Waals surface area contributed by atoms with Crippen LogP contribution in [0, 0.1) is 6.92 Å². The maximum Gasteiger partial charge on any atom is 0.254 e. The van der Waals surface area contributed by atoms with Crippen LogP contribution in [0.5, 0.6) is 0 Å². The van der Waals surface area contributed by atoms with E-state index in [4.69, 9.17) is 0 Å². The number of likely N-dealkylation sites (tertiary alicyclic amines) is 1. The van der Waals surface area contributed by atoms with E-state index in [9.17, 15) is 14.4 Å². The number of amides is 3. The second-order valence-corrected chi connectivity index (χ2v) is 9.24. The summed E-state index contributed by atoms with van der Waals surface area (Å²) in [6, 6.07) is 24.1. The molecule has 172 valence electrons. The third-order valence-corrected chi connectivity index (χ3v) is 6.91. The standard InChI is InChI=1S/C29H28N2O3/c1-20-6-8-21(9-7-20)18-30(26-15-14-23-4-2-3-5-25(23)26)29(34)24-12-10-22(11-13-24)19-31-27(32)16-17-28(31)33/h2-13,26H,14-19H2,1H3. The number of carbonyl (C=O) groups excluding carboxylic acids is 3. The minimum Gasteiger partial charge on any atom is -0.327 e. The van der Waals surface area contributed by atoms with Crippen LogP contribution in [0.2, 0.25) is 0 Å². The summed E-state index contributed by atoms with van der Waals surface area (Å²) in [5.41, 5.74) is 6.29. The fourth-order valence-corrected chi connectivity index (χ4v) is 4.97. The molecule has 3 aromatic rings. The monoisotopic (exact) mass is 452 g/mol. The van der Waals surface area contributed by atoms with Gasteiger partial charge in [0.25, 0.3) is 5.91 Å². The van der Waals surface area contributed by atoms with Gasteiger partial charge in [0.2, 0.25) is 11.8 Å². The van der Waals surface area contributed by atoms with Crippen LogP contribution in [-0.4, -0.2) is 27.5 Å². The number of hydrogen-bond acceptors (Lipinski definition) is 3. The number of rotatable bonds is 6. The Hall–Kier alpha value is -3.73. The van der Waals surface area contributed by atoms with Crippen LogP contribution in [0.1, 0.15) is 63.5 Å². The van der Waals surface area contributed by atoms with E-state index in [1.807, 2.05) is 35.2 Å². The number of benzene rings is 3. The van der Waals surface area contributed by atoms with Gasteiger partial charge in [0.15, 0.2) is 0 Å². The smallest absolute Gasteiger partial charge is 0.254 e. The summed E-state index contributed by atoms with van der Waals surface area (Å²) >= 11 is 0. The summed E-state index contributed by atoms with van der Waals surface area (Å²) in [6.07, 6.45) is 2.45. The predicted molar refractivity (Wildman–Crippen MR) is 130 cm³/mol. The maximum absolute atomic E-state index is 13.8. The van der Waals surface area contributed by atoms with E-state index in [1.165, 1.54) is 21.6 Å². The van der Waals surface area contributed by atoms with Crippen LogP contribution < -0.4 is 0 Å². The number of fused-ring (bicyclic) bond motifs is 1. The molecule has 34 heavy (non-hydrogen) atoms. The molecule has 0 aromatic heterocycles. The van der Waals surface area contributed by atoms with E-state index < -0.39 is 0 Å². The van der Waals surface area contributed by atoms with E-state index in [0.29, 0.717) is 12.1 Å². The molecule has 5 nitrogen and oxygen atoms in total. The molecular weight excluding hydrogens is 424 g/mol. The number of imide groups is 1. The minimum atomic E-state index is -0.130. The Morgan fingerprint density at radius 1 is 0.853 bits per heavy atom. The SMILES string of the molecule is Cc1ccc(CN(C(=O)c2ccc(CN3C(=O)CCC3=O)cc2)C2CCc3ccccc32)cc1. The van der Waals surface area contributed by atoms with Crippen molar-refractivity contribution in [2.45, 2.75) is 51.7 Å². The van der Waals surface area contributed by atoms with Gasteiger partial charge in [-0.3, -0.25) is 19.3 Å². The first kappa shape index (κ1) is 22.1. The first-order valence-electron chi connectivity index (χ1n) is 11.9. The molecule has 1 unspecified atom stereocenters. The highest BCUT2D eigenvalue weighted by Crippen LogP contribution is 2.37.